The van der Waals surface area contributed by atoms with Gasteiger partial charge in [0.1, 0.15) is 0 Å². The fraction of sp³-hybridized carbons (Fsp3) is 0.696. The SMILES string of the molecule is CC(C)CC(=O)N1CCC2(CC1)CC(CCOCc1ccccc1)CCO2. The second-order valence-corrected chi connectivity index (χ2v) is 8.70. The minimum atomic E-state index is -0.00302. The van der Waals surface area contributed by atoms with Crippen LogP contribution in [0.3, 0.4) is 0 Å². The van der Waals surface area contributed by atoms with E-state index in [0.717, 1.165) is 58.4 Å². The van der Waals surface area contributed by atoms with Gasteiger partial charge in [0.2, 0.25) is 5.91 Å². The smallest absolute Gasteiger partial charge is 0.222 e. The number of carbonyl (C=O) groups excluding carboxylic acids is 1. The predicted octanol–water partition coefficient (Wildman–Crippen LogP) is 4.43. The lowest BCUT2D eigenvalue weighted by Gasteiger charge is -2.46. The molecule has 0 radical (unpaired) electrons. The van der Waals surface area contributed by atoms with E-state index in [0.29, 0.717) is 30.8 Å². The first-order chi connectivity index (χ1) is 13.1. The van der Waals surface area contributed by atoms with Crippen molar-refractivity contribution < 1.29 is 14.3 Å². The van der Waals surface area contributed by atoms with Crippen LogP contribution in [0.1, 0.15) is 57.9 Å². The molecule has 2 aliphatic heterocycles. The van der Waals surface area contributed by atoms with Crippen LogP contribution in [0.2, 0.25) is 0 Å². The van der Waals surface area contributed by atoms with E-state index in [1.165, 1.54) is 5.56 Å². The molecule has 4 nitrogen and oxygen atoms in total. The zero-order valence-electron chi connectivity index (χ0n) is 17.0. The molecule has 2 heterocycles. The van der Waals surface area contributed by atoms with E-state index in [1.807, 2.05) is 11.0 Å². The van der Waals surface area contributed by atoms with Crippen molar-refractivity contribution in [2.75, 3.05) is 26.3 Å². The number of piperidine rings is 1. The van der Waals surface area contributed by atoms with Gasteiger partial charge in [-0.15, -0.1) is 0 Å². The first-order valence-electron chi connectivity index (χ1n) is 10.6. The van der Waals surface area contributed by atoms with Crippen LogP contribution in [-0.2, 0) is 20.9 Å². The van der Waals surface area contributed by atoms with E-state index in [-0.39, 0.29) is 5.60 Å². The fourth-order valence-corrected chi connectivity index (χ4v) is 4.38. The van der Waals surface area contributed by atoms with Gasteiger partial charge in [0.05, 0.1) is 12.2 Å². The third-order valence-corrected chi connectivity index (χ3v) is 5.99. The van der Waals surface area contributed by atoms with E-state index in [1.54, 1.807) is 0 Å². The molecule has 0 N–H and O–H groups in total. The van der Waals surface area contributed by atoms with Gasteiger partial charge in [-0.3, -0.25) is 4.79 Å². The maximum Gasteiger partial charge on any atom is 0.222 e. The molecule has 2 fully saturated rings. The van der Waals surface area contributed by atoms with Gasteiger partial charge < -0.3 is 14.4 Å². The third kappa shape index (κ3) is 6.05. The summed E-state index contributed by atoms with van der Waals surface area (Å²) in [7, 11) is 0. The Hall–Kier alpha value is -1.39. The molecule has 3 rings (SSSR count). The molecule has 0 aliphatic carbocycles. The van der Waals surface area contributed by atoms with Crippen LogP contribution in [-0.4, -0.2) is 42.7 Å². The van der Waals surface area contributed by atoms with Crippen LogP contribution >= 0.6 is 0 Å². The summed E-state index contributed by atoms with van der Waals surface area (Å²) >= 11 is 0. The number of benzene rings is 1. The van der Waals surface area contributed by atoms with E-state index < -0.39 is 0 Å². The average Bonchev–Trinajstić information content (AvgIpc) is 2.66. The summed E-state index contributed by atoms with van der Waals surface area (Å²) in [6, 6.07) is 10.4. The highest BCUT2D eigenvalue weighted by Gasteiger charge is 2.40. The number of hydrogen-bond acceptors (Lipinski definition) is 3. The average molecular weight is 374 g/mol. The Balaban J connectivity index is 1.39. The lowest BCUT2D eigenvalue weighted by molar-refractivity contribution is -0.148. The summed E-state index contributed by atoms with van der Waals surface area (Å²) < 4.78 is 12.1. The number of hydrogen-bond donors (Lipinski definition) is 0. The van der Waals surface area contributed by atoms with Crippen LogP contribution < -0.4 is 0 Å². The van der Waals surface area contributed by atoms with Gasteiger partial charge in [-0.05, 0) is 49.5 Å². The molecular weight excluding hydrogens is 338 g/mol. The molecule has 1 amide bonds. The molecule has 1 aromatic rings. The van der Waals surface area contributed by atoms with Crippen LogP contribution in [0.5, 0.6) is 0 Å². The van der Waals surface area contributed by atoms with Gasteiger partial charge in [0, 0.05) is 32.7 Å². The molecule has 0 aromatic heterocycles. The van der Waals surface area contributed by atoms with Gasteiger partial charge in [-0.2, -0.15) is 0 Å². The highest BCUT2D eigenvalue weighted by atomic mass is 16.5. The van der Waals surface area contributed by atoms with Crippen molar-refractivity contribution in [1.82, 2.24) is 4.90 Å². The number of amides is 1. The molecule has 1 spiro atoms. The van der Waals surface area contributed by atoms with Gasteiger partial charge in [-0.1, -0.05) is 44.2 Å². The zero-order valence-corrected chi connectivity index (χ0v) is 17.0. The van der Waals surface area contributed by atoms with E-state index in [9.17, 15) is 4.79 Å². The molecular formula is C23H35NO3. The second-order valence-electron chi connectivity index (χ2n) is 8.70. The van der Waals surface area contributed by atoms with Crippen molar-refractivity contribution in [2.45, 2.75) is 64.6 Å². The van der Waals surface area contributed by atoms with Crippen molar-refractivity contribution in [3.63, 3.8) is 0 Å². The van der Waals surface area contributed by atoms with Crippen LogP contribution in [0, 0.1) is 11.8 Å². The lowest BCUT2D eigenvalue weighted by Crippen LogP contribution is -2.51. The molecule has 0 saturated carbocycles. The Bertz CT molecular complexity index is 579. The first kappa shape index (κ1) is 20.3. The molecule has 27 heavy (non-hydrogen) atoms. The number of ether oxygens (including phenoxy) is 2. The standard InChI is InChI=1S/C23H35NO3/c1-19(2)16-22(25)24-12-10-23(11-13-24)17-20(9-15-27-23)8-14-26-18-21-6-4-3-5-7-21/h3-7,19-20H,8-18H2,1-2H3. The number of rotatable bonds is 7. The number of nitrogens with zero attached hydrogens (tertiary/aromatic N) is 1. The van der Waals surface area contributed by atoms with E-state index in [2.05, 4.69) is 38.1 Å². The Morgan fingerprint density at radius 1 is 1.26 bits per heavy atom. The van der Waals surface area contributed by atoms with Crippen molar-refractivity contribution >= 4 is 5.91 Å². The lowest BCUT2D eigenvalue weighted by atomic mass is 9.78. The Morgan fingerprint density at radius 2 is 2.00 bits per heavy atom. The van der Waals surface area contributed by atoms with E-state index >= 15 is 0 Å². The van der Waals surface area contributed by atoms with Gasteiger partial charge >= 0.3 is 0 Å². The monoisotopic (exact) mass is 373 g/mol. The van der Waals surface area contributed by atoms with Crippen molar-refractivity contribution in [2.24, 2.45) is 11.8 Å². The summed E-state index contributed by atoms with van der Waals surface area (Å²) in [5.74, 6) is 1.41. The molecule has 0 bridgehead atoms. The third-order valence-electron chi connectivity index (χ3n) is 5.99. The minimum Gasteiger partial charge on any atom is -0.377 e. The topological polar surface area (TPSA) is 38.8 Å². The van der Waals surface area contributed by atoms with Crippen molar-refractivity contribution in [3.8, 4) is 0 Å². The molecule has 2 saturated heterocycles. The minimum absolute atomic E-state index is 0.00302. The van der Waals surface area contributed by atoms with E-state index in [4.69, 9.17) is 9.47 Å². The highest BCUT2D eigenvalue weighted by Crippen LogP contribution is 2.39. The maximum atomic E-state index is 12.3. The molecule has 2 aliphatic rings. The Morgan fingerprint density at radius 3 is 2.70 bits per heavy atom. The summed E-state index contributed by atoms with van der Waals surface area (Å²) in [6.07, 6.45) is 5.99. The predicted molar refractivity (Wildman–Crippen MR) is 107 cm³/mol. The largest absolute Gasteiger partial charge is 0.377 e. The van der Waals surface area contributed by atoms with Crippen LogP contribution in [0.25, 0.3) is 0 Å². The Labute approximate surface area is 164 Å². The normalized spacial score (nSPS) is 22.3. The first-order valence-corrected chi connectivity index (χ1v) is 10.6. The molecule has 1 aromatic carbocycles. The summed E-state index contributed by atoms with van der Waals surface area (Å²) in [6.45, 7) is 8.28. The second kappa shape index (κ2) is 9.70. The van der Waals surface area contributed by atoms with Crippen LogP contribution in [0.15, 0.2) is 30.3 Å². The number of carbonyl (C=O) groups is 1. The zero-order chi connectivity index (χ0) is 19.1. The fourth-order valence-electron chi connectivity index (χ4n) is 4.38. The van der Waals surface area contributed by atoms with Gasteiger partial charge in [-0.25, -0.2) is 0 Å². The highest BCUT2D eigenvalue weighted by molar-refractivity contribution is 5.76. The number of likely N-dealkylation sites (tertiary alicyclic amines) is 1. The maximum absolute atomic E-state index is 12.3. The van der Waals surface area contributed by atoms with Gasteiger partial charge in [0.25, 0.3) is 0 Å². The van der Waals surface area contributed by atoms with Crippen molar-refractivity contribution in [1.29, 1.82) is 0 Å². The molecule has 1 atom stereocenters. The summed E-state index contributed by atoms with van der Waals surface area (Å²) in [5, 5.41) is 0. The molecule has 1 unspecified atom stereocenters. The summed E-state index contributed by atoms with van der Waals surface area (Å²) in [4.78, 5) is 14.3. The molecule has 4 heteroatoms. The van der Waals surface area contributed by atoms with Crippen LogP contribution in [0.4, 0.5) is 0 Å². The van der Waals surface area contributed by atoms with Gasteiger partial charge in [0.15, 0.2) is 0 Å². The summed E-state index contributed by atoms with van der Waals surface area (Å²) in [5.41, 5.74) is 1.23. The Kier molecular flexibility index (Phi) is 7.31. The molecule has 150 valence electrons. The quantitative estimate of drug-likeness (QED) is 0.664. The van der Waals surface area contributed by atoms with Crippen molar-refractivity contribution in [3.05, 3.63) is 35.9 Å².